The van der Waals surface area contributed by atoms with Crippen molar-refractivity contribution in [3.8, 4) is 0 Å². The average molecular weight is 229 g/mol. The third-order valence-electron chi connectivity index (χ3n) is 1.74. The highest BCUT2D eigenvalue weighted by atomic mass is 35.5. The molecule has 5 heteroatoms. The maximum absolute atomic E-state index is 11.1. The van der Waals surface area contributed by atoms with E-state index in [9.17, 15) is 4.79 Å². The van der Waals surface area contributed by atoms with E-state index in [1.807, 2.05) is 0 Å². The second-order valence-electron chi connectivity index (χ2n) is 2.89. The standard InChI is InChI=1S/C10H13ClN2O2/c1-2-15-10(14)6-13-9-5-7(11)3-4-8(9)12/h3-5,13H,2,6,12H2,1H3. The topological polar surface area (TPSA) is 64.3 Å². The Hall–Kier alpha value is -1.42. The molecule has 0 fully saturated rings. The first kappa shape index (κ1) is 11.7. The van der Waals surface area contributed by atoms with Crippen molar-refractivity contribution in [1.82, 2.24) is 0 Å². The van der Waals surface area contributed by atoms with Gasteiger partial charge in [0.25, 0.3) is 0 Å². The van der Waals surface area contributed by atoms with Crippen LogP contribution in [0, 0.1) is 0 Å². The predicted molar refractivity (Wildman–Crippen MR) is 61.0 cm³/mol. The third-order valence-corrected chi connectivity index (χ3v) is 1.98. The Bertz CT molecular complexity index is 355. The normalized spacial score (nSPS) is 9.73. The van der Waals surface area contributed by atoms with E-state index in [1.165, 1.54) is 0 Å². The molecule has 0 aromatic heterocycles. The number of ether oxygens (including phenoxy) is 1. The van der Waals surface area contributed by atoms with Crippen LogP contribution in [0.15, 0.2) is 18.2 Å². The van der Waals surface area contributed by atoms with Crippen molar-refractivity contribution >= 4 is 28.9 Å². The van der Waals surface area contributed by atoms with Crippen molar-refractivity contribution in [3.05, 3.63) is 23.2 Å². The lowest BCUT2D eigenvalue weighted by atomic mass is 10.2. The molecule has 0 aliphatic carbocycles. The van der Waals surface area contributed by atoms with Gasteiger partial charge in [-0.3, -0.25) is 4.79 Å². The van der Waals surface area contributed by atoms with Gasteiger partial charge in [0.05, 0.1) is 18.0 Å². The molecule has 0 atom stereocenters. The summed E-state index contributed by atoms with van der Waals surface area (Å²) in [6, 6.07) is 5.03. The van der Waals surface area contributed by atoms with Crippen LogP contribution in [0.5, 0.6) is 0 Å². The molecule has 1 rings (SSSR count). The van der Waals surface area contributed by atoms with Crippen LogP contribution < -0.4 is 11.1 Å². The number of esters is 1. The summed E-state index contributed by atoms with van der Waals surface area (Å²) in [6.45, 7) is 2.20. The van der Waals surface area contributed by atoms with E-state index in [2.05, 4.69) is 5.32 Å². The van der Waals surface area contributed by atoms with E-state index in [0.717, 1.165) is 0 Å². The van der Waals surface area contributed by atoms with Gasteiger partial charge in [0.15, 0.2) is 0 Å². The van der Waals surface area contributed by atoms with Crippen LogP contribution in [0.4, 0.5) is 11.4 Å². The molecule has 0 radical (unpaired) electrons. The van der Waals surface area contributed by atoms with Gasteiger partial charge >= 0.3 is 5.97 Å². The monoisotopic (exact) mass is 228 g/mol. The first-order valence-corrected chi connectivity index (χ1v) is 4.95. The molecule has 0 saturated carbocycles. The molecular weight excluding hydrogens is 216 g/mol. The molecule has 3 N–H and O–H groups in total. The molecule has 0 aliphatic rings. The number of anilines is 2. The quantitative estimate of drug-likeness (QED) is 0.610. The largest absolute Gasteiger partial charge is 0.465 e. The van der Waals surface area contributed by atoms with Gasteiger partial charge in [0.1, 0.15) is 6.54 Å². The summed E-state index contributed by atoms with van der Waals surface area (Å²) in [5, 5.41) is 3.42. The van der Waals surface area contributed by atoms with Gasteiger partial charge in [0.2, 0.25) is 0 Å². The summed E-state index contributed by atoms with van der Waals surface area (Å²) in [5.74, 6) is -0.322. The van der Waals surface area contributed by atoms with Crippen LogP contribution in [0.1, 0.15) is 6.92 Å². The Labute approximate surface area is 93.4 Å². The molecule has 0 saturated heterocycles. The molecule has 0 heterocycles. The minimum atomic E-state index is -0.322. The highest BCUT2D eigenvalue weighted by Crippen LogP contribution is 2.22. The Morgan fingerprint density at radius 3 is 3.00 bits per heavy atom. The van der Waals surface area contributed by atoms with Gasteiger partial charge in [-0.05, 0) is 25.1 Å². The summed E-state index contributed by atoms with van der Waals surface area (Å²) < 4.78 is 4.76. The fraction of sp³-hybridized carbons (Fsp3) is 0.300. The van der Waals surface area contributed by atoms with Gasteiger partial charge in [-0.25, -0.2) is 0 Å². The Morgan fingerprint density at radius 2 is 2.33 bits per heavy atom. The minimum Gasteiger partial charge on any atom is -0.465 e. The summed E-state index contributed by atoms with van der Waals surface area (Å²) in [7, 11) is 0. The zero-order valence-electron chi connectivity index (χ0n) is 8.42. The number of nitrogens with one attached hydrogen (secondary N) is 1. The van der Waals surface area contributed by atoms with Crippen molar-refractivity contribution < 1.29 is 9.53 Å². The van der Waals surface area contributed by atoms with Gasteiger partial charge in [-0.1, -0.05) is 11.6 Å². The number of benzene rings is 1. The van der Waals surface area contributed by atoms with Gasteiger partial charge in [-0.15, -0.1) is 0 Å². The van der Waals surface area contributed by atoms with Gasteiger partial charge in [0, 0.05) is 5.02 Å². The van der Waals surface area contributed by atoms with Gasteiger partial charge in [-0.2, -0.15) is 0 Å². The molecule has 1 aromatic carbocycles. The van der Waals surface area contributed by atoms with E-state index in [-0.39, 0.29) is 12.5 Å². The summed E-state index contributed by atoms with van der Waals surface area (Å²) in [4.78, 5) is 11.1. The number of hydrogen-bond donors (Lipinski definition) is 2. The fourth-order valence-electron chi connectivity index (χ4n) is 1.06. The predicted octanol–water partition coefficient (Wildman–Crippen LogP) is 1.90. The zero-order valence-corrected chi connectivity index (χ0v) is 9.17. The van der Waals surface area contributed by atoms with Crippen molar-refractivity contribution in [2.24, 2.45) is 0 Å². The number of halogens is 1. The number of rotatable bonds is 4. The molecular formula is C10H13ClN2O2. The van der Waals surface area contributed by atoms with Crippen molar-refractivity contribution in [3.63, 3.8) is 0 Å². The molecule has 4 nitrogen and oxygen atoms in total. The number of hydrogen-bond acceptors (Lipinski definition) is 4. The lowest BCUT2D eigenvalue weighted by Gasteiger charge is -2.08. The van der Waals surface area contributed by atoms with E-state index in [0.29, 0.717) is 23.0 Å². The number of nitrogen functional groups attached to an aromatic ring is 1. The minimum absolute atomic E-state index is 0.0817. The molecule has 0 unspecified atom stereocenters. The lowest BCUT2D eigenvalue weighted by Crippen LogP contribution is -2.17. The second-order valence-corrected chi connectivity index (χ2v) is 3.33. The Kier molecular flexibility index (Phi) is 4.24. The highest BCUT2D eigenvalue weighted by molar-refractivity contribution is 6.31. The van der Waals surface area contributed by atoms with E-state index in [1.54, 1.807) is 25.1 Å². The number of carbonyl (C=O) groups is 1. The van der Waals surface area contributed by atoms with Crippen LogP contribution in [0.3, 0.4) is 0 Å². The Morgan fingerprint density at radius 1 is 1.60 bits per heavy atom. The maximum atomic E-state index is 11.1. The SMILES string of the molecule is CCOC(=O)CNc1cc(Cl)ccc1N. The van der Waals surface area contributed by atoms with Crippen LogP contribution in [-0.2, 0) is 9.53 Å². The van der Waals surface area contributed by atoms with Crippen molar-refractivity contribution in [2.75, 3.05) is 24.2 Å². The maximum Gasteiger partial charge on any atom is 0.325 e. The van der Waals surface area contributed by atoms with Crippen LogP contribution in [0.25, 0.3) is 0 Å². The molecule has 82 valence electrons. The number of nitrogens with two attached hydrogens (primary N) is 1. The fourth-order valence-corrected chi connectivity index (χ4v) is 1.23. The summed E-state index contributed by atoms with van der Waals surface area (Å²) in [5.41, 5.74) is 6.86. The van der Waals surface area contributed by atoms with Crippen molar-refractivity contribution in [1.29, 1.82) is 0 Å². The van der Waals surface area contributed by atoms with Gasteiger partial charge < -0.3 is 15.8 Å². The molecule has 1 aromatic rings. The third kappa shape index (κ3) is 3.67. The molecule has 0 bridgehead atoms. The number of carbonyl (C=O) groups excluding carboxylic acids is 1. The van der Waals surface area contributed by atoms with E-state index in [4.69, 9.17) is 22.1 Å². The van der Waals surface area contributed by atoms with E-state index >= 15 is 0 Å². The lowest BCUT2D eigenvalue weighted by molar-refractivity contribution is -0.140. The first-order chi connectivity index (χ1) is 7.13. The summed E-state index contributed by atoms with van der Waals surface area (Å²) >= 11 is 5.78. The smallest absolute Gasteiger partial charge is 0.325 e. The average Bonchev–Trinajstić information content (AvgIpc) is 2.20. The highest BCUT2D eigenvalue weighted by Gasteiger charge is 2.04. The zero-order chi connectivity index (χ0) is 11.3. The van der Waals surface area contributed by atoms with E-state index < -0.39 is 0 Å². The summed E-state index contributed by atoms with van der Waals surface area (Å²) in [6.07, 6.45) is 0. The van der Waals surface area contributed by atoms with Crippen LogP contribution >= 0.6 is 11.6 Å². The van der Waals surface area contributed by atoms with Crippen molar-refractivity contribution in [2.45, 2.75) is 6.92 Å². The van der Waals surface area contributed by atoms with Crippen LogP contribution in [-0.4, -0.2) is 19.1 Å². The molecule has 0 aliphatic heterocycles. The molecule has 0 spiro atoms. The van der Waals surface area contributed by atoms with Crippen LogP contribution in [0.2, 0.25) is 5.02 Å². The molecule has 15 heavy (non-hydrogen) atoms. The first-order valence-electron chi connectivity index (χ1n) is 4.58. The second kappa shape index (κ2) is 5.46. The Balaban J connectivity index is 2.57. The molecule has 0 amide bonds.